The number of carbonyl (C=O) groups is 2. The minimum absolute atomic E-state index is 0.129. The molecule has 7 heteroatoms. The third-order valence-electron chi connectivity index (χ3n) is 4.56. The monoisotopic (exact) mass is 413 g/mol. The van der Waals surface area contributed by atoms with Crippen molar-refractivity contribution in [3.05, 3.63) is 96.3 Å². The van der Waals surface area contributed by atoms with E-state index in [0.29, 0.717) is 17.1 Å². The first-order valence-corrected chi connectivity index (χ1v) is 9.58. The topological polar surface area (TPSA) is 83.3 Å². The summed E-state index contributed by atoms with van der Waals surface area (Å²) >= 11 is 0. The molecule has 0 saturated heterocycles. The van der Waals surface area contributed by atoms with Gasteiger partial charge >= 0.3 is 5.97 Å². The predicted molar refractivity (Wildman–Crippen MR) is 114 cm³/mol. The first-order valence-electron chi connectivity index (χ1n) is 9.58. The number of Topliss-reactive ketones (excluding diaryl/α,β-unsaturated/α-hetero) is 1. The van der Waals surface area contributed by atoms with E-state index in [1.165, 1.54) is 7.11 Å². The summed E-state index contributed by atoms with van der Waals surface area (Å²) in [7, 11) is 1.48. The van der Waals surface area contributed by atoms with Crippen molar-refractivity contribution in [3.63, 3.8) is 0 Å². The standard InChI is InChI=1S/C24H19N3O4/c1-30-21-15-9-8-14-19(21)20(28)16-31-24(29)22-25-23(17-10-4-2-5-11-17)27(26-22)18-12-6-3-7-13-18/h2-15H,16H2,1H3. The highest BCUT2D eigenvalue weighted by Crippen LogP contribution is 2.22. The minimum atomic E-state index is -0.782. The van der Waals surface area contributed by atoms with Crippen molar-refractivity contribution in [3.8, 4) is 22.8 Å². The van der Waals surface area contributed by atoms with Crippen LogP contribution < -0.4 is 4.74 Å². The van der Waals surface area contributed by atoms with Crippen molar-refractivity contribution in [1.82, 2.24) is 14.8 Å². The van der Waals surface area contributed by atoms with E-state index in [1.807, 2.05) is 60.7 Å². The van der Waals surface area contributed by atoms with E-state index in [9.17, 15) is 9.59 Å². The molecule has 0 aliphatic rings. The van der Waals surface area contributed by atoms with Gasteiger partial charge in [0.25, 0.3) is 5.82 Å². The Bertz CT molecular complexity index is 1150. The normalized spacial score (nSPS) is 10.5. The van der Waals surface area contributed by atoms with Crippen LogP contribution in [0.1, 0.15) is 21.0 Å². The van der Waals surface area contributed by atoms with Crippen LogP contribution in [0.5, 0.6) is 5.75 Å². The van der Waals surface area contributed by atoms with Gasteiger partial charge in [-0.1, -0.05) is 60.7 Å². The molecule has 7 nitrogen and oxygen atoms in total. The number of aromatic nitrogens is 3. The summed E-state index contributed by atoms with van der Waals surface area (Å²) in [5.41, 5.74) is 1.88. The molecule has 0 atom stereocenters. The van der Waals surface area contributed by atoms with Crippen LogP contribution in [0.4, 0.5) is 0 Å². The lowest BCUT2D eigenvalue weighted by Crippen LogP contribution is -2.16. The molecule has 0 radical (unpaired) electrons. The second kappa shape index (κ2) is 9.04. The van der Waals surface area contributed by atoms with E-state index in [2.05, 4.69) is 10.1 Å². The average Bonchev–Trinajstić information content (AvgIpc) is 3.29. The lowest BCUT2D eigenvalue weighted by molar-refractivity contribution is 0.0462. The molecule has 0 saturated carbocycles. The van der Waals surface area contributed by atoms with Crippen molar-refractivity contribution >= 4 is 11.8 Å². The number of para-hydroxylation sites is 2. The first kappa shape index (κ1) is 20.0. The van der Waals surface area contributed by atoms with E-state index < -0.39 is 12.6 Å². The Morgan fingerprint density at radius 3 is 2.23 bits per heavy atom. The highest BCUT2D eigenvalue weighted by molar-refractivity contribution is 6.01. The van der Waals surface area contributed by atoms with Gasteiger partial charge in [0.1, 0.15) is 5.75 Å². The Balaban J connectivity index is 1.59. The van der Waals surface area contributed by atoms with E-state index in [1.54, 1.807) is 28.9 Å². The summed E-state index contributed by atoms with van der Waals surface area (Å²) in [5, 5.41) is 4.34. The lowest BCUT2D eigenvalue weighted by atomic mass is 10.1. The number of ether oxygens (including phenoxy) is 2. The molecule has 4 aromatic rings. The van der Waals surface area contributed by atoms with Crippen molar-refractivity contribution in [2.45, 2.75) is 0 Å². The third-order valence-corrected chi connectivity index (χ3v) is 4.56. The summed E-state index contributed by atoms with van der Waals surface area (Å²) in [6.07, 6.45) is 0. The van der Waals surface area contributed by atoms with Crippen LogP contribution in [-0.4, -0.2) is 40.2 Å². The summed E-state index contributed by atoms with van der Waals surface area (Å²) in [4.78, 5) is 29.5. The number of hydrogen-bond acceptors (Lipinski definition) is 6. The Hall–Kier alpha value is -4.26. The van der Waals surface area contributed by atoms with Gasteiger partial charge in [0.2, 0.25) is 5.78 Å². The summed E-state index contributed by atoms with van der Waals surface area (Å²) < 4.78 is 12.0. The van der Waals surface area contributed by atoms with Crippen molar-refractivity contribution < 1.29 is 19.1 Å². The van der Waals surface area contributed by atoms with Crippen LogP contribution in [0.25, 0.3) is 17.1 Å². The predicted octanol–water partition coefficient (Wildman–Crippen LogP) is 3.98. The summed E-state index contributed by atoms with van der Waals surface area (Å²) in [6, 6.07) is 25.5. The van der Waals surface area contributed by atoms with Gasteiger partial charge in [-0.25, -0.2) is 14.5 Å². The molecule has 4 rings (SSSR count). The van der Waals surface area contributed by atoms with Gasteiger partial charge in [-0.3, -0.25) is 4.79 Å². The molecule has 0 aliphatic heterocycles. The van der Waals surface area contributed by atoms with Crippen molar-refractivity contribution in [1.29, 1.82) is 0 Å². The maximum Gasteiger partial charge on any atom is 0.378 e. The van der Waals surface area contributed by atoms with Gasteiger partial charge in [0.15, 0.2) is 12.4 Å². The van der Waals surface area contributed by atoms with Crippen LogP contribution in [0, 0.1) is 0 Å². The molecule has 31 heavy (non-hydrogen) atoms. The quantitative estimate of drug-likeness (QED) is 0.337. The highest BCUT2D eigenvalue weighted by atomic mass is 16.5. The molecule has 0 unspecified atom stereocenters. The number of hydrogen-bond donors (Lipinski definition) is 0. The highest BCUT2D eigenvalue weighted by Gasteiger charge is 2.21. The van der Waals surface area contributed by atoms with Gasteiger partial charge in [-0.15, -0.1) is 5.10 Å². The number of benzene rings is 3. The molecule has 1 aromatic heterocycles. The SMILES string of the molecule is COc1ccccc1C(=O)COC(=O)c1nc(-c2ccccc2)n(-c2ccccc2)n1. The van der Waals surface area contributed by atoms with Gasteiger partial charge in [-0.05, 0) is 24.3 Å². The number of ketones is 1. The lowest BCUT2D eigenvalue weighted by Gasteiger charge is -2.07. The van der Waals surface area contributed by atoms with Gasteiger partial charge < -0.3 is 9.47 Å². The zero-order valence-electron chi connectivity index (χ0n) is 16.8. The van der Waals surface area contributed by atoms with E-state index in [-0.39, 0.29) is 11.6 Å². The first-order chi connectivity index (χ1) is 15.2. The summed E-state index contributed by atoms with van der Waals surface area (Å²) in [5.74, 6) is -0.376. The van der Waals surface area contributed by atoms with Crippen LogP contribution >= 0.6 is 0 Å². The smallest absolute Gasteiger partial charge is 0.378 e. The molecule has 154 valence electrons. The third kappa shape index (κ3) is 4.35. The van der Waals surface area contributed by atoms with Crippen molar-refractivity contribution in [2.24, 2.45) is 0 Å². The van der Waals surface area contributed by atoms with Crippen molar-refractivity contribution in [2.75, 3.05) is 13.7 Å². The maximum absolute atomic E-state index is 12.6. The Kier molecular flexibility index (Phi) is 5.84. The fourth-order valence-electron chi connectivity index (χ4n) is 3.07. The number of rotatable bonds is 7. The van der Waals surface area contributed by atoms with Gasteiger partial charge in [0.05, 0.1) is 18.4 Å². The maximum atomic E-state index is 12.6. The Morgan fingerprint density at radius 2 is 1.52 bits per heavy atom. The summed E-state index contributed by atoms with van der Waals surface area (Å²) in [6.45, 7) is -0.445. The molecule has 0 fully saturated rings. The molecule has 0 spiro atoms. The van der Waals surface area contributed by atoms with E-state index in [0.717, 1.165) is 11.3 Å². The fourth-order valence-corrected chi connectivity index (χ4v) is 3.07. The Labute approximate surface area is 178 Å². The zero-order valence-corrected chi connectivity index (χ0v) is 16.8. The Morgan fingerprint density at radius 1 is 0.871 bits per heavy atom. The van der Waals surface area contributed by atoms with Crippen LogP contribution in [-0.2, 0) is 4.74 Å². The molecule has 0 amide bonds. The van der Waals surface area contributed by atoms with Gasteiger partial charge in [-0.2, -0.15) is 0 Å². The number of carbonyl (C=O) groups excluding carboxylic acids is 2. The second-order valence-corrected chi connectivity index (χ2v) is 6.57. The van der Waals surface area contributed by atoms with Crippen LogP contribution in [0.2, 0.25) is 0 Å². The molecule has 1 heterocycles. The minimum Gasteiger partial charge on any atom is -0.496 e. The molecule has 0 aliphatic carbocycles. The second-order valence-electron chi connectivity index (χ2n) is 6.57. The largest absolute Gasteiger partial charge is 0.496 e. The molecule has 0 bridgehead atoms. The number of nitrogens with zero attached hydrogens (tertiary/aromatic N) is 3. The fraction of sp³-hybridized carbons (Fsp3) is 0.0833. The van der Waals surface area contributed by atoms with Gasteiger partial charge in [0, 0.05) is 5.56 Å². The van der Waals surface area contributed by atoms with E-state index in [4.69, 9.17) is 9.47 Å². The number of esters is 1. The number of methoxy groups -OCH3 is 1. The average molecular weight is 413 g/mol. The molecular weight excluding hydrogens is 394 g/mol. The molecule has 0 N–H and O–H groups in total. The van der Waals surface area contributed by atoms with Crippen LogP contribution in [0.3, 0.4) is 0 Å². The molecule has 3 aromatic carbocycles. The van der Waals surface area contributed by atoms with E-state index >= 15 is 0 Å². The molecular formula is C24H19N3O4. The zero-order chi connectivity index (χ0) is 21.6. The van der Waals surface area contributed by atoms with Crippen LogP contribution in [0.15, 0.2) is 84.9 Å².